The van der Waals surface area contributed by atoms with Gasteiger partial charge < -0.3 is 0 Å². The molecule has 0 radical (unpaired) electrons. The Kier molecular flexibility index (Phi) is 6.67. The Morgan fingerprint density at radius 2 is 2.31 bits per heavy atom. The van der Waals surface area contributed by atoms with E-state index in [1.807, 2.05) is 10.8 Å². The summed E-state index contributed by atoms with van der Waals surface area (Å²) in [4.78, 5) is 0. The van der Waals surface area contributed by atoms with Crippen molar-refractivity contribution in [2.24, 2.45) is 0 Å². The minimum atomic E-state index is 1.07. The Labute approximate surface area is 91.3 Å². The highest BCUT2D eigenvalue weighted by Gasteiger charge is 1.97. The van der Waals surface area contributed by atoms with Gasteiger partial charge in [0, 0.05) is 5.75 Å². The van der Waals surface area contributed by atoms with Gasteiger partial charge in [-0.05, 0) is 17.2 Å². The van der Waals surface area contributed by atoms with Gasteiger partial charge in [-0.15, -0.1) is 10.2 Å². The Balaban J connectivity index is 1.90. The molecule has 0 amide bonds. The van der Waals surface area contributed by atoms with Gasteiger partial charge in [0.1, 0.15) is 5.51 Å². The van der Waals surface area contributed by atoms with Crippen LogP contribution in [0.4, 0.5) is 0 Å². The lowest BCUT2D eigenvalue weighted by Crippen LogP contribution is -1.78. The van der Waals surface area contributed by atoms with E-state index in [1.165, 1.54) is 31.4 Å². The molecule has 0 atom stereocenters. The van der Waals surface area contributed by atoms with Crippen LogP contribution < -0.4 is 0 Å². The first-order valence-corrected chi connectivity index (χ1v) is 7.69. The van der Waals surface area contributed by atoms with E-state index >= 15 is 0 Å². The van der Waals surface area contributed by atoms with Crippen molar-refractivity contribution in [2.45, 2.75) is 36.9 Å². The summed E-state index contributed by atoms with van der Waals surface area (Å²) in [5.41, 5.74) is 1.78. The van der Waals surface area contributed by atoms with Gasteiger partial charge in [0.2, 0.25) is 0 Å². The molecule has 0 aliphatic carbocycles. The van der Waals surface area contributed by atoms with Crippen LogP contribution in [0, 0.1) is 0 Å². The molecular weight excluding hydrogens is 220 g/mol. The van der Waals surface area contributed by atoms with Crippen LogP contribution in [0.25, 0.3) is 0 Å². The average Bonchev–Trinajstić information content (AvgIpc) is 2.63. The molecule has 1 aromatic heterocycles. The molecule has 2 nitrogen and oxygen atoms in total. The van der Waals surface area contributed by atoms with Gasteiger partial charge in [0.15, 0.2) is 4.34 Å². The molecule has 0 bridgehead atoms. The van der Waals surface area contributed by atoms with E-state index in [9.17, 15) is 0 Å². The second-order valence-electron chi connectivity index (χ2n) is 2.67. The molecule has 13 heavy (non-hydrogen) atoms. The monoisotopic (exact) mass is 234 g/mol. The summed E-state index contributed by atoms with van der Waals surface area (Å²) in [6, 6.07) is 0. The molecule has 0 aromatic carbocycles. The quantitative estimate of drug-likeness (QED) is 0.528. The van der Waals surface area contributed by atoms with Crippen LogP contribution in [0.2, 0.25) is 0 Å². The lowest BCUT2D eigenvalue weighted by atomic mass is 10.2. The first-order valence-electron chi connectivity index (χ1n) is 4.49. The smallest absolute Gasteiger partial charge is 0.146 e. The summed E-state index contributed by atoms with van der Waals surface area (Å²) in [7, 11) is 3.63. The van der Waals surface area contributed by atoms with Crippen LogP contribution in [-0.2, 0) is 0 Å². The van der Waals surface area contributed by atoms with Crippen molar-refractivity contribution >= 4 is 32.9 Å². The first kappa shape index (κ1) is 11.3. The lowest BCUT2D eigenvalue weighted by molar-refractivity contribution is 0.707. The topological polar surface area (TPSA) is 25.8 Å². The Morgan fingerprint density at radius 1 is 1.38 bits per heavy atom. The molecule has 0 N–H and O–H groups in total. The van der Waals surface area contributed by atoms with E-state index < -0.39 is 0 Å². The van der Waals surface area contributed by atoms with Gasteiger partial charge in [-0.25, -0.2) is 0 Å². The standard InChI is InChI=1S/C8H14N2S3/c1-2-3-4-5-6-12-13-8-10-9-7-11-8/h7H,2-6H2,1H3. The maximum absolute atomic E-state index is 3.96. The highest BCUT2D eigenvalue weighted by molar-refractivity contribution is 8.77. The minimum absolute atomic E-state index is 1.07. The summed E-state index contributed by atoms with van der Waals surface area (Å²) in [6.45, 7) is 2.24. The number of rotatable bonds is 7. The fourth-order valence-corrected chi connectivity index (χ4v) is 3.82. The van der Waals surface area contributed by atoms with E-state index in [4.69, 9.17) is 0 Å². The van der Waals surface area contributed by atoms with Gasteiger partial charge in [0.05, 0.1) is 0 Å². The van der Waals surface area contributed by atoms with Crippen molar-refractivity contribution in [3.63, 3.8) is 0 Å². The van der Waals surface area contributed by atoms with Crippen molar-refractivity contribution in [3.05, 3.63) is 5.51 Å². The fraction of sp³-hybridized carbons (Fsp3) is 0.750. The van der Waals surface area contributed by atoms with Crippen LogP contribution in [0.3, 0.4) is 0 Å². The third-order valence-electron chi connectivity index (χ3n) is 1.55. The van der Waals surface area contributed by atoms with Crippen LogP contribution in [0.15, 0.2) is 9.85 Å². The molecule has 0 spiro atoms. The summed E-state index contributed by atoms with van der Waals surface area (Å²) in [5, 5.41) is 7.75. The van der Waals surface area contributed by atoms with Crippen LogP contribution >= 0.6 is 32.9 Å². The number of hydrogen-bond donors (Lipinski definition) is 0. The number of aromatic nitrogens is 2. The van der Waals surface area contributed by atoms with Gasteiger partial charge in [-0.3, -0.25) is 0 Å². The zero-order chi connectivity index (χ0) is 9.36. The van der Waals surface area contributed by atoms with E-state index in [-0.39, 0.29) is 0 Å². The van der Waals surface area contributed by atoms with E-state index in [0.717, 1.165) is 4.34 Å². The summed E-state index contributed by atoms with van der Waals surface area (Å²) in [5.74, 6) is 1.23. The molecule has 0 fully saturated rings. The normalized spacial score (nSPS) is 10.5. The minimum Gasteiger partial charge on any atom is -0.146 e. The number of hydrogen-bond acceptors (Lipinski definition) is 5. The summed E-state index contributed by atoms with van der Waals surface area (Å²) >= 11 is 1.61. The second-order valence-corrected chi connectivity index (χ2v) is 6.17. The first-order chi connectivity index (χ1) is 6.43. The largest absolute Gasteiger partial charge is 0.184 e. The van der Waals surface area contributed by atoms with Gasteiger partial charge in [-0.2, -0.15) is 0 Å². The zero-order valence-electron chi connectivity index (χ0n) is 7.73. The molecule has 0 unspecified atom stereocenters. The molecule has 0 saturated heterocycles. The third kappa shape index (κ3) is 5.54. The Hall–Kier alpha value is 0.260. The van der Waals surface area contributed by atoms with Crippen molar-refractivity contribution in [2.75, 3.05) is 5.75 Å². The van der Waals surface area contributed by atoms with Crippen molar-refractivity contribution in [1.82, 2.24) is 10.2 Å². The zero-order valence-corrected chi connectivity index (χ0v) is 10.2. The maximum atomic E-state index is 3.96. The predicted molar refractivity (Wildman–Crippen MR) is 62.4 cm³/mol. The van der Waals surface area contributed by atoms with Crippen molar-refractivity contribution in [1.29, 1.82) is 0 Å². The molecule has 0 aliphatic heterocycles. The fourth-order valence-electron chi connectivity index (χ4n) is 0.879. The molecule has 0 saturated carbocycles. The highest BCUT2D eigenvalue weighted by atomic mass is 33.1. The lowest BCUT2D eigenvalue weighted by Gasteiger charge is -1.97. The number of unbranched alkanes of at least 4 members (excludes halogenated alkanes) is 3. The van der Waals surface area contributed by atoms with Crippen LogP contribution in [0.1, 0.15) is 32.6 Å². The molecule has 5 heteroatoms. The van der Waals surface area contributed by atoms with E-state index in [2.05, 4.69) is 17.1 Å². The van der Waals surface area contributed by atoms with Crippen molar-refractivity contribution in [3.8, 4) is 0 Å². The Bertz CT molecular complexity index is 201. The Morgan fingerprint density at radius 3 is 3.00 bits per heavy atom. The molecule has 1 rings (SSSR count). The highest BCUT2D eigenvalue weighted by Crippen LogP contribution is 2.32. The average molecular weight is 234 g/mol. The summed E-state index contributed by atoms with van der Waals surface area (Å²) < 4.78 is 1.07. The SMILES string of the molecule is CCCCCCSSc1nncs1. The van der Waals surface area contributed by atoms with Gasteiger partial charge in [-0.1, -0.05) is 48.3 Å². The van der Waals surface area contributed by atoms with Crippen LogP contribution in [-0.4, -0.2) is 16.0 Å². The number of nitrogens with zero attached hydrogens (tertiary/aromatic N) is 2. The second kappa shape index (κ2) is 7.64. The van der Waals surface area contributed by atoms with Gasteiger partial charge in [0.25, 0.3) is 0 Å². The third-order valence-corrected chi connectivity index (χ3v) is 5.01. The molecule has 74 valence electrons. The predicted octanol–water partition coefficient (Wildman–Crippen LogP) is 3.86. The molecular formula is C8H14N2S3. The van der Waals surface area contributed by atoms with Gasteiger partial charge >= 0.3 is 0 Å². The van der Waals surface area contributed by atoms with E-state index in [0.29, 0.717) is 0 Å². The molecule has 0 aliphatic rings. The van der Waals surface area contributed by atoms with Crippen molar-refractivity contribution < 1.29 is 0 Å². The van der Waals surface area contributed by atoms with Crippen LogP contribution in [0.5, 0.6) is 0 Å². The van der Waals surface area contributed by atoms with E-state index in [1.54, 1.807) is 27.6 Å². The maximum Gasteiger partial charge on any atom is 0.184 e. The molecule has 1 aromatic rings. The molecule has 1 heterocycles. The summed E-state index contributed by atoms with van der Waals surface area (Å²) in [6.07, 6.45) is 5.36.